The number of hydrogen-bond donors (Lipinski definition) is 0. The van der Waals surface area contributed by atoms with Crippen LogP contribution >= 0.6 is 23.5 Å². The first-order valence-electron chi connectivity index (χ1n) is 4.74. The fourth-order valence-corrected chi connectivity index (χ4v) is 3.22. The summed E-state index contributed by atoms with van der Waals surface area (Å²) in [5.41, 5.74) is 1.54. The Bertz CT molecular complexity index is 411. The average molecular weight is 291 g/mol. The van der Waals surface area contributed by atoms with E-state index in [2.05, 4.69) is 15.9 Å². The van der Waals surface area contributed by atoms with Crippen LogP contribution in [-0.4, -0.2) is 0 Å². The lowest BCUT2D eigenvalue weighted by atomic mass is 10.0. The van der Waals surface area contributed by atoms with E-state index in [1.54, 1.807) is 6.07 Å². The van der Waals surface area contributed by atoms with E-state index in [9.17, 15) is 14.4 Å². The molecule has 0 atom stereocenters. The van der Waals surface area contributed by atoms with E-state index in [-0.39, 0.29) is 5.30 Å². The zero-order chi connectivity index (χ0) is 11.6. The molecule has 0 unspecified atom stereocenters. The van der Waals surface area contributed by atoms with Gasteiger partial charge in [0.25, 0.3) is 0 Å². The van der Waals surface area contributed by atoms with Crippen LogP contribution in [0.3, 0.4) is 0 Å². The Balaban J connectivity index is 3.49. The maximum atomic E-state index is 11.0. The third-order valence-corrected chi connectivity index (χ3v) is 4.10. The molecule has 0 amide bonds. The molecule has 0 saturated heterocycles. The SMILES string of the molecule is CCc1c(Br)ccc(P(=O)([O-])[O-])c1CC. The number of benzene rings is 1. The molecule has 0 fully saturated rings. The van der Waals surface area contributed by atoms with E-state index in [0.717, 1.165) is 10.0 Å². The molecule has 0 N–H and O–H groups in total. The minimum absolute atomic E-state index is 0.0648. The lowest BCUT2D eigenvalue weighted by Gasteiger charge is -2.33. The zero-order valence-corrected chi connectivity index (χ0v) is 11.1. The van der Waals surface area contributed by atoms with Crippen molar-refractivity contribution in [2.24, 2.45) is 0 Å². The average Bonchev–Trinajstić information content (AvgIpc) is 2.15. The van der Waals surface area contributed by atoms with Crippen molar-refractivity contribution < 1.29 is 14.4 Å². The third-order valence-electron chi connectivity index (χ3n) is 2.35. The van der Waals surface area contributed by atoms with Gasteiger partial charge in [-0.15, -0.1) is 0 Å². The van der Waals surface area contributed by atoms with Crippen LogP contribution in [0.5, 0.6) is 0 Å². The zero-order valence-electron chi connectivity index (χ0n) is 8.62. The van der Waals surface area contributed by atoms with Crippen LogP contribution in [0.2, 0.25) is 0 Å². The van der Waals surface area contributed by atoms with E-state index in [1.165, 1.54) is 6.07 Å². The molecule has 3 nitrogen and oxygen atoms in total. The molecule has 0 spiro atoms. The van der Waals surface area contributed by atoms with Crippen molar-refractivity contribution in [2.45, 2.75) is 26.7 Å². The normalized spacial score (nSPS) is 11.8. The molecular weight excluding hydrogens is 279 g/mol. The Kier molecular flexibility index (Phi) is 4.13. The van der Waals surface area contributed by atoms with Crippen molar-refractivity contribution in [3.8, 4) is 0 Å². The Hall–Kier alpha value is -0.150. The Morgan fingerprint density at radius 3 is 2.13 bits per heavy atom. The van der Waals surface area contributed by atoms with Crippen LogP contribution in [0.4, 0.5) is 0 Å². The van der Waals surface area contributed by atoms with Crippen LogP contribution in [0.15, 0.2) is 16.6 Å². The van der Waals surface area contributed by atoms with Crippen molar-refractivity contribution in [2.75, 3.05) is 0 Å². The number of halogens is 1. The molecule has 1 aromatic carbocycles. The second-order valence-electron chi connectivity index (χ2n) is 3.23. The standard InChI is InChI=1S/C10H14BrO3P/c1-3-7-8(4-2)10(15(12,13)14)6-5-9(7)11/h5-6H,3-4H2,1-2H3,(H2,12,13,14)/p-2. The molecule has 0 radical (unpaired) electrons. The van der Waals surface area contributed by atoms with Crippen LogP contribution < -0.4 is 15.1 Å². The first kappa shape index (κ1) is 12.9. The maximum absolute atomic E-state index is 11.0. The van der Waals surface area contributed by atoms with Crippen LogP contribution in [-0.2, 0) is 17.4 Å². The van der Waals surface area contributed by atoms with Gasteiger partial charge in [0.2, 0.25) is 0 Å². The second-order valence-corrected chi connectivity index (χ2v) is 5.56. The minimum atomic E-state index is -4.65. The first-order chi connectivity index (χ1) is 6.91. The van der Waals surface area contributed by atoms with Crippen LogP contribution in [0.1, 0.15) is 25.0 Å². The summed E-state index contributed by atoms with van der Waals surface area (Å²) in [6, 6.07) is 3.00. The molecule has 1 rings (SSSR count). The van der Waals surface area contributed by atoms with Crippen LogP contribution in [0, 0.1) is 0 Å². The number of hydrogen-bond acceptors (Lipinski definition) is 3. The van der Waals surface area contributed by atoms with Crippen molar-refractivity contribution >= 4 is 28.8 Å². The maximum Gasteiger partial charge on any atom is 0.0210 e. The van der Waals surface area contributed by atoms with Crippen molar-refractivity contribution in [1.29, 1.82) is 0 Å². The quantitative estimate of drug-likeness (QED) is 0.784. The van der Waals surface area contributed by atoms with E-state index >= 15 is 0 Å². The van der Waals surface area contributed by atoms with Crippen molar-refractivity contribution in [3.63, 3.8) is 0 Å². The predicted octanol–water partition coefficient (Wildman–Crippen LogP) is 1.11. The summed E-state index contributed by atoms with van der Waals surface area (Å²) in [6.07, 6.45) is 1.25. The summed E-state index contributed by atoms with van der Waals surface area (Å²) >= 11 is 3.36. The van der Waals surface area contributed by atoms with Gasteiger partial charge in [0.05, 0.1) is 0 Å². The molecule has 0 bridgehead atoms. The summed E-state index contributed by atoms with van der Waals surface area (Å²) in [5, 5.41) is -0.0648. The Morgan fingerprint density at radius 1 is 1.20 bits per heavy atom. The first-order valence-corrected chi connectivity index (χ1v) is 7.08. The van der Waals surface area contributed by atoms with Gasteiger partial charge in [-0.25, -0.2) is 0 Å². The van der Waals surface area contributed by atoms with Gasteiger partial charge in [-0.05, 0) is 42.9 Å². The Labute approximate surface area is 97.8 Å². The van der Waals surface area contributed by atoms with Crippen molar-refractivity contribution in [3.05, 3.63) is 27.7 Å². The Morgan fingerprint density at radius 2 is 1.73 bits per heavy atom. The molecule has 0 heterocycles. The molecule has 0 aliphatic rings. The lowest BCUT2D eigenvalue weighted by molar-refractivity contribution is -0.308. The molecule has 15 heavy (non-hydrogen) atoms. The highest BCUT2D eigenvalue weighted by molar-refractivity contribution is 9.10. The second kappa shape index (κ2) is 4.79. The fraction of sp³-hybridized carbons (Fsp3) is 0.400. The highest BCUT2D eigenvalue weighted by Gasteiger charge is 2.11. The van der Waals surface area contributed by atoms with E-state index in [0.29, 0.717) is 18.4 Å². The van der Waals surface area contributed by atoms with Gasteiger partial charge in [0, 0.05) is 4.47 Å². The van der Waals surface area contributed by atoms with Gasteiger partial charge in [-0.2, -0.15) is 0 Å². The number of rotatable bonds is 3. The van der Waals surface area contributed by atoms with E-state index < -0.39 is 7.60 Å². The van der Waals surface area contributed by atoms with Gasteiger partial charge in [0.15, 0.2) is 0 Å². The molecule has 0 aliphatic carbocycles. The molecule has 84 valence electrons. The molecule has 0 aromatic heterocycles. The fourth-order valence-electron chi connectivity index (χ4n) is 1.69. The van der Waals surface area contributed by atoms with Gasteiger partial charge in [-0.1, -0.05) is 35.8 Å². The summed E-state index contributed by atoms with van der Waals surface area (Å²) in [6.45, 7) is 3.78. The van der Waals surface area contributed by atoms with Crippen LogP contribution in [0.25, 0.3) is 0 Å². The monoisotopic (exact) mass is 290 g/mol. The molecule has 1 aromatic rings. The molecule has 5 heteroatoms. The van der Waals surface area contributed by atoms with Gasteiger partial charge < -0.3 is 14.4 Å². The molecule has 0 saturated carbocycles. The topological polar surface area (TPSA) is 63.2 Å². The minimum Gasteiger partial charge on any atom is -0.807 e. The molecular formula is C10H12BrO3P-2. The highest BCUT2D eigenvalue weighted by atomic mass is 79.9. The van der Waals surface area contributed by atoms with Gasteiger partial charge in [0.1, 0.15) is 0 Å². The van der Waals surface area contributed by atoms with Gasteiger partial charge in [-0.3, -0.25) is 0 Å². The largest absolute Gasteiger partial charge is 0.807 e. The van der Waals surface area contributed by atoms with E-state index in [1.807, 2.05) is 13.8 Å². The van der Waals surface area contributed by atoms with E-state index in [4.69, 9.17) is 0 Å². The lowest BCUT2D eigenvalue weighted by Crippen LogP contribution is -2.28. The van der Waals surface area contributed by atoms with Gasteiger partial charge >= 0.3 is 0 Å². The molecule has 0 aliphatic heterocycles. The highest BCUT2D eigenvalue weighted by Crippen LogP contribution is 2.30. The predicted molar refractivity (Wildman–Crippen MR) is 60.1 cm³/mol. The summed E-state index contributed by atoms with van der Waals surface area (Å²) in [5.74, 6) is 0. The summed E-state index contributed by atoms with van der Waals surface area (Å²) in [4.78, 5) is 22.1. The summed E-state index contributed by atoms with van der Waals surface area (Å²) < 4.78 is 11.9. The van der Waals surface area contributed by atoms with Crippen molar-refractivity contribution in [1.82, 2.24) is 0 Å². The third kappa shape index (κ3) is 2.70. The summed E-state index contributed by atoms with van der Waals surface area (Å²) in [7, 11) is -4.65. The smallest absolute Gasteiger partial charge is 0.0210 e.